The molecule has 1 aromatic heterocycles. The molecule has 3 N–H and O–H groups in total. The average Bonchev–Trinajstić information content (AvgIpc) is 2.84. The number of carbonyl (C=O) groups is 1. The van der Waals surface area contributed by atoms with Gasteiger partial charge in [0.05, 0.1) is 25.8 Å². The largest absolute Gasteiger partial charge is 0.495 e. The third-order valence-electron chi connectivity index (χ3n) is 2.56. The van der Waals surface area contributed by atoms with Gasteiger partial charge in [0.2, 0.25) is 0 Å². The Labute approximate surface area is 108 Å². The van der Waals surface area contributed by atoms with Gasteiger partial charge in [-0.15, -0.1) is 5.10 Å². The molecule has 1 aromatic carbocycles. The summed E-state index contributed by atoms with van der Waals surface area (Å²) in [4.78, 5) is 10.6. The molecule has 0 aliphatic carbocycles. The topological polar surface area (TPSA) is 116 Å². The van der Waals surface area contributed by atoms with Crippen molar-refractivity contribution in [3.8, 4) is 17.1 Å². The number of carboxylic acids is 1. The van der Waals surface area contributed by atoms with Crippen molar-refractivity contribution in [2.45, 2.75) is 13.0 Å². The van der Waals surface area contributed by atoms with Crippen LogP contribution in [0.3, 0.4) is 0 Å². The van der Waals surface area contributed by atoms with Crippen LogP contribution in [0.1, 0.15) is 6.42 Å². The van der Waals surface area contributed by atoms with Crippen LogP contribution in [0.5, 0.6) is 5.75 Å². The van der Waals surface area contributed by atoms with Gasteiger partial charge in [0.1, 0.15) is 5.75 Å². The number of hydrogen-bond donors (Lipinski definition) is 2. The summed E-state index contributed by atoms with van der Waals surface area (Å²) in [7, 11) is 1.53. The quantitative estimate of drug-likeness (QED) is 0.750. The normalized spacial score (nSPS) is 10.4. The van der Waals surface area contributed by atoms with Crippen molar-refractivity contribution in [2.75, 3.05) is 12.8 Å². The van der Waals surface area contributed by atoms with E-state index < -0.39 is 5.97 Å². The molecule has 0 atom stereocenters. The van der Waals surface area contributed by atoms with E-state index in [0.29, 0.717) is 22.8 Å². The van der Waals surface area contributed by atoms with Gasteiger partial charge in [-0.25, -0.2) is 4.68 Å². The van der Waals surface area contributed by atoms with Crippen LogP contribution in [0.15, 0.2) is 18.2 Å². The molecule has 0 aliphatic heterocycles. The molecular formula is C11H13N5O3. The molecule has 0 amide bonds. The lowest BCUT2D eigenvalue weighted by molar-refractivity contribution is -0.137. The van der Waals surface area contributed by atoms with E-state index in [-0.39, 0.29) is 13.0 Å². The van der Waals surface area contributed by atoms with Crippen LogP contribution in [0.4, 0.5) is 5.69 Å². The first-order valence-corrected chi connectivity index (χ1v) is 5.53. The summed E-state index contributed by atoms with van der Waals surface area (Å²) in [5, 5.41) is 19.8. The number of nitrogens with zero attached hydrogens (tertiary/aromatic N) is 4. The molecule has 19 heavy (non-hydrogen) atoms. The summed E-state index contributed by atoms with van der Waals surface area (Å²) in [6.07, 6.45) is -0.0519. The molecule has 0 spiro atoms. The highest BCUT2D eigenvalue weighted by molar-refractivity contribution is 5.67. The van der Waals surface area contributed by atoms with Gasteiger partial charge < -0.3 is 15.6 Å². The molecule has 0 fully saturated rings. The first kappa shape index (κ1) is 12.8. The summed E-state index contributed by atoms with van der Waals surface area (Å²) < 4.78 is 6.49. The van der Waals surface area contributed by atoms with Gasteiger partial charge in [0.15, 0.2) is 5.82 Å². The molecule has 1 heterocycles. The number of hydrogen-bond acceptors (Lipinski definition) is 6. The third-order valence-corrected chi connectivity index (χ3v) is 2.56. The lowest BCUT2D eigenvalue weighted by atomic mass is 10.1. The summed E-state index contributed by atoms with van der Waals surface area (Å²) in [6, 6.07) is 5.15. The lowest BCUT2D eigenvalue weighted by Crippen LogP contribution is -2.08. The van der Waals surface area contributed by atoms with Gasteiger partial charge in [-0.3, -0.25) is 4.79 Å². The molecule has 2 rings (SSSR count). The van der Waals surface area contributed by atoms with Gasteiger partial charge >= 0.3 is 5.97 Å². The lowest BCUT2D eigenvalue weighted by Gasteiger charge is -2.07. The van der Waals surface area contributed by atoms with E-state index >= 15 is 0 Å². The Balaban J connectivity index is 2.29. The fourth-order valence-corrected chi connectivity index (χ4v) is 1.64. The standard InChI is InChI=1S/C11H13N5O3/c1-19-9-3-2-7(6-8(9)12)11-13-14-15-16(11)5-4-10(17)18/h2-3,6H,4-5,12H2,1H3,(H,17,18). The number of ether oxygens (including phenoxy) is 1. The third kappa shape index (κ3) is 2.79. The van der Waals surface area contributed by atoms with E-state index in [1.807, 2.05) is 0 Å². The number of aryl methyl sites for hydroxylation is 1. The minimum absolute atomic E-state index is 0.0519. The van der Waals surface area contributed by atoms with Crippen molar-refractivity contribution < 1.29 is 14.6 Å². The van der Waals surface area contributed by atoms with E-state index in [1.54, 1.807) is 18.2 Å². The molecule has 0 radical (unpaired) electrons. The number of anilines is 1. The molecule has 0 aliphatic rings. The summed E-state index contributed by atoms with van der Waals surface area (Å²) >= 11 is 0. The molecule has 0 bridgehead atoms. The molecule has 0 unspecified atom stereocenters. The second-order valence-electron chi connectivity index (χ2n) is 3.83. The Hall–Kier alpha value is -2.64. The number of benzene rings is 1. The maximum absolute atomic E-state index is 10.6. The van der Waals surface area contributed by atoms with Crippen LogP contribution in [0, 0.1) is 0 Å². The molecule has 100 valence electrons. The van der Waals surface area contributed by atoms with Gasteiger partial charge in [0, 0.05) is 5.56 Å². The summed E-state index contributed by atoms with van der Waals surface area (Å²) in [5.74, 6) is 0.125. The predicted octanol–water partition coefficient (Wildman–Crippen LogP) is 0.406. The van der Waals surface area contributed by atoms with E-state index in [9.17, 15) is 4.79 Å². The summed E-state index contributed by atoms with van der Waals surface area (Å²) in [6.45, 7) is 0.198. The Morgan fingerprint density at radius 3 is 2.95 bits per heavy atom. The highest BCUT2D eigenvalue weighted by Gasteiger charge is 2.11. The highest BCUT2D eigenvalue weighted by atomic mass is 16.5. The Morgan fingerprint density at radius 1 is 1.53 bits per heavy atom. The number of methoxy groups -OCH3 is 1. The fraction of sp³-hybridized carbons (Fsp3) is 0.273. The van der Waals surface area contributed by atoms with Gasteiger partial charge in [-0.2, -0.15) is 0 Å². The minimum atomic E-state index is -0.907. The number of rotatable bonds is 5. The zero-order chi connectivity index (χ0) is 13.8. The van der Waals surface area contributed by atoms with E-state index in [1.165, 1.54) is 11.8 Å². The molecule has 0 saturated heterocycles. The average molecular weight is 263 g/mol. The smallest absolute Gasteiger partial charge is 0.305 e. The van der Waals surface area contributed by atoms with Crippen molar-refractivity contribution in [1.82, 2.24) is 20.2 Å². The van der Waals surface area contributed by atoms with Crippen molar-refractivity contribution >= 4 is 11.7 Å². The Kier molecular flexibility index (Phi) is 3.60. The Morgan fingerprint density at radius 2 is 2.32 bits per heavy atom. The number of aliphatic carboxylic acids is 1. The van der Waals surface area contributed by atoms with Crippen LogP contribution >= 0.6 is 0 Å². The maximum Gasteiger partial charge on any atom is 0.305 e. The van der Waals surface area contributed by atoms with Crippen LogP contribution in [0.25, 0.3) is 11.4 Å². The van der Waals surface area contributed by atoms with Crippen molar-refractivity contribution in [2.24, 2.45) is 0 Å². The SMILES string of the molecule is COc1ccc(-c2nnnn2CCC(=O)O)cc1N. The van der Waals surface area contributed by atoms with Crippen molar-refractivity contribution in [1.29, 1.82) is 0 Å². The molecule has 8 heteroatoms. The molecule has 2 aromatic rings. The van der Waals surface area contributed by atoms with Gasteiger partial charge in [-0.05, 0) is 28.6 Å². The number of nitrogen functional groups attached to an aromatic ring is 1. The first-order valence-electron chi connectivity index (χ1n) is 5.53. The second-order valence-corrected chi connectivity index (χ2v) is 3.83. The maximum atomic E-state index is 10.6. The highest BCUT2D eigenvalue weighted by Crippen LogP contribution is 2.26. The van der Waals surface area contributed by atoms with Crippen LogP contribution in [-0.4, -0.2) is 38.4 Å². The van der Waals surface area contributed by atoms with E-state index in [4.69, 9.17) is 15.6 Å². The number of nitrogens with two attached hydrogens (primary N) is 1. The van der Waals surface area contributed by atoms with Crippen molar-refractivity contribution in [3.05, 3.63) is 18.2 Å². The Bertz CT molecular complexity index is 596. The van der Waals surface area contributed by atoms with E-state index in [2.05, 4.69) is 15.5 Å². The molecule has 0 saturated carbocycles. The van der Waals surface area contributed by atoms with Crippen molar-refractivity contribution in [3.63, 3.8) is 0 Å². The predicted molar refractivity (Wildman–Crippen MR) is 66.5 cm³/mol. The van der Waals surface area contributed by atoms with E-state index in [0.717, 1.165) is 0 Å². The zero-order valence-electron chi connectivity index (χ0n) is 10.3. The molecular weight excluding hydrogens is 250 g/mol. The monoisotopic (exact) mass is 263 g/mol. The van der Waals surface area contributed by atoms with Crippen LogP contribution in [0.2, 0.25) is 0 Å². The minimum Gasteiger partial charge on any atom is -0.495 e. The first-order chi connectivity index (χ1) is 9.11. The molecule has 8 nitrogen and oxygen atoms in total. The van der Waals surface area contributed by atoms with Crippen LogP contribution < -0.4 is 10.5 Å². The summed E-state index contributed by atoms with van der Waals surface area (Å²) in [5.41, 5.74) is 6.98. The zero-order valence-corrected chi connectivity index (χ0v) is 10.3. The van der Waals surface area contributed by atoms with Crippen LogP contribution in [-0.2, 0) is 11.3 Å². The second kappa shape index (κ2) is 5.34. The van der Waals surface area contributed by atoms with Gasteiger partial charge in [-0.1, -0.05) is 0 Å². The number of carboxylic acid groups (broad SMARTS) is 1. The fourth-order valence-electron chi connectivity index (χ4n) is 1.64. The number of tetrazole rings is 1. The van der Waals surface area contributed by atoms with Gasteiger partial charge in [0.25, 0.3) is 0 Å². The number of aromatic nitrogens is 4.